The molecule has 0 aliphatic heterocycles. The number of nitrogens with zero attached hydrogens (tertiary/aromatic N) is 1. The van der Waals surface area contributed by atoms with Gasteiger partial charge >= 0.3 is 0 Å². The molecule has 1 unspecified atom stereocenters. The van der Waals surface area contributed by atoms with Gasteiger partial charge in [-0.05, 0) is 31.1 Å². The fourth-order valence-corrected chi connectivity index (χ4v) is 3.15. The first-order valence-corrected chi connectivity index (χ1v) is 7.73. The summed E-state index contributed by atoms with van der Waals surface area (Å²) in [6, 6.07) is 1.61. The summed E-state index contributed by atoms with van der Waals surface area (Å²) in [4.78, 5) is 19.4. The highest BCUT2D eigenvalue weighted by atomic mass is 16.5. The van der Waals surface area contributed by atoms with Crippen molar-refractivity contribution in [2.75, 3.05) is 7.11 Å². The molecule has 1 aliphatic carbocycles. The van der Waals surface area contributed by atoms with E-state index < -0.39 is 0 Å². The number of hydrogen-bond acceptors (Lipinski definition) is 3. The van der Waals surface area contributed by atoms with Crippen LogP contribution in [0.2, 0.25) is 0 Å². The monoisotopic (exact) mass is 278 g/mol. The van der Waals surface area contributed by atoms with Gasteiger partial charge in [-0.1, -0.05) is 33.1 Å². The van der Waals surface area contributed by atoms with Crippen LogP contribution in [0.25, 0.3) is 0 Å². The topological polar surface area (TPSA) is 55.0 Å². The maximum absolute atomic E-state index is 11.8. The molecule has 1 saturated carbocycles. The Labute approximate surface area is 121 Å². The molecule has 4 heteroatoms. The predicted molar refractivity (Wildman–Crippen MR) is 79.7 cm³/mol. The largest absolute Gasteiger partial charge is 0.373 e. The number of methoxy groups -OCH3 is 1. The summed E-state index contributed by atoms with van der Waals surface area (Å²) in [5.74, 6) is 1.68. The summed E-state index contributed by atoms with van der Waals surface area (Å²) in [5.41, 5.74) is 0.806. The molecule has 112 valence electrons. The summed E-state index contributed by atoms with van der Waals surface area (Å²) < 4.78 is 5.66. The molecule has 0 bridgehead atoms. The van der Waals surface area contributed by atoms with E-state index in [-0.39, 0.29) is 11.7 Å². The second-order valence-corrected chi connectivity index (χ2v) is 6.27. The summed E-state index contributed by atoms with van der Waals surface area (Å²) in [6.45, 7) is 4.27. The lowest BCUT2D eigenvalue weighted by atomic mass is 9.85. The molecule has 1 fully saturated rings. The van der Waals surface area contributed by atoms with Gasteiger partial charge in [0.25, 0.3) is 5.56 Å². The minimum Gasteiger partial charge on any atom is -0.373 e. The molecule has 0 aromatic carbocycles. The Morgan fingerprint density at radius 2 is 2.05 bits per heavy atom. The van der Waals surface area contributed by atoms with Crippen LogP contribution < -0.4 is 5.56 Å². The molecule has 1 N–H and O–H groups in total. The van der Waals surface area contributed by atoms with Crippen molar-refractivity contribution in [3.63, 3.8) is 0 Å². The van der Waals surface area contributed by atoms with Crippen molar-refractivity contribution in [3.05, 3.63) is 27.9 Å². The summed E-state index contributed by atoms with van der Waals surface area (Å²) in [7, 11) is 1.72. The van der Waals surface area contributed by atoms with E-state index in [0.29, 0.717) is 17.7 Å². The second kappa shape index (κ2) is 7.02. The van der Waals surface area contributed by atoms with Crippen molar-refractivity contribution in [3.8, 4) is 0 Å². The molecule has 2 rings (SSSR count). The molecule has 20 heavy (non-hydrogen) atoms. The zero-order chi connectivity index (χ0) is 14.5. The smallest absolute Gasteiger partial charge is 0.251 e. The lowest BCUT2D eigenvalue weighted by Crippen LogP contribution is -2.24. The molecule has 0 saturated heterocycles. The minimum atomic E-state index is -0.0740. The van der Waals surface area contributed by atoms with Crippen molar-refractivity contribution >= 4 is 0 Å². The standard InChI is InChI=1S/C16H26N2O2/c1-11(2)9-13-10-14(19)18-16(17-13)15(20-3)12-7-5-4-6-8-12/h10-12,15H,4-9H2,1-3H3,(H,17,18,19). The van der Waals surface area contributed by atoms with Gasteiger partial charge in [-0.3, -0.25) is 4.79 Å². The number of aromatic nitrogens is 2. The van der Waals surface area contributed by atoms with E-state index in [9.17, 15) is 4.79 Å². The highest BCUT2D eigenvalue weighted by Crippen LogP contribution is 2.34. The molecule has 1 aromatic rings. The summed E-state index contributed by atoms with van der Waals surface area (Å²) in [6.07, 6.45) is 6.89. The highest BCUT2D eigenvalue weighted by Gasteiger charge is 2.27. The van der Waals surface area contributed by atoms with Gasteiger partial charge in [-0.25, -0.2) is 4.98 Å². The van der Waals surface area contributed by atoms with Crippen LogP contribution in [0.4, 0.5) is 0 Å². The fourth-order valence-electron chi connectivity index (χ4n) is 3.15. The van der Waals surface area contributed by atoms with Crippen molar-refractivity contribution in [2.45, 2.75) is 58.5 Å². The third-order valence-electron chi connectivity index (χ3n) is 4.03. The lowest BCUT2D eigenvalue weighted by molar-refractivity contribution is 0.0285. The Kier molecular flexibility index (Phi) is 5.35. The van der Waals surface area contributed by atoms with Crippen LogP contribution in [0, 0.1) is 11.8 Å². The van der Waals surface area contributed by atoms with E-state index in [2.05, 4.69) is 23.8 Å². The van der Waals surface area contributed by atoms with E-state index in [0.717, 1.165) is 25.0 Å². The maximum Gasteiger partial charge on any atom is 0.251 e. The minimum absolute atomic E-state index is 0.0662. The summed E-state index contributed by atoms with van der Waals surface area (Å²) in [5, 5.41) is 0. The van der Waals surface area contributed by atoms with Crippen LogP contribution in [0.1, 0.15) is 63.6 Å². The molecular weight excluding hydrogens is 252 g/mol. The lowest BCUT2D eigenvalue weighted by Gasteiger charge is -2.28. The van der Waals surface area contributed by atoms with Crippen LogP contribution >= 0.6 is 0 Å². The first-order valence-electron chi connectivity index (χ1n) is 7.73. The molecule has 0 spiro atoms. The van der Waals surface area contributed by atoms with E-state index in [4.69, 9.17) is 4.74 Å². The number of ether oxygens (including phenoxy) is 1. The highest BCUT2D eigenvalue weighted by molar-refractivity contribution is 5.06. The number of H-pyrrole nitrogens is 1. The predicted octanol–water partition coefficient (Wildman–Crippen LogP) is 3.24. The Morgan fingerprint density at radius 3 is 2.65 bits per heavy atom. The van der Waals surface area contributed by atoms with Crippen molar-refractivity contribution in [2.24, 2.45) is 11.8 Å². The molecule has 4 nitrogen and oxygen atoms in total. The van der Waals surface area contributed by atoms with Crippen molar-refractivity contribution < 1.29 is 4.74 Å². The molecule has 1 atom stereocenters. The Bertz CT molecular complexity index is 476. The van der Waals surface area contributed by atoms with E-state index in [1.54, 1.807) is 13.2 Å². The van der Waals surface area contributed by atoms with Gasteiger partial charge in [0, 0.05) is 18.9 Å². The number of hydrogen-bond donors (Lipinski definition) is 1. The van der Waals surface area contributed by atoms with Gasteiger partial charge in [-0.2, -0.15) is 0 Å². The third-order valence-corrected chi connectivity index (χ3v) is 4.03. The van der Waals surface area contributed by atoms with Crippen LogP contribution in [0.3, 0.4) is 0 Å². The molecular formula is C16H26N2O2. The Hall–Kier alpha value is -1.16. The fraction of sp³-hybridized carbons (Fsp3) is 0.750. The van der Waals surface area contributed by atoms with Gasteiger partial charge in [0.05, 0.1) is 0 Å². The maximum atomic E-state index is 11.8. The third kappa shape index (κ3) is 3.92. The average molecular weight is 278 g/mol. The van der Waals surface area contributed by atoms with Crippen LogP contribution in [0.5, 0.6) is 0 Å². The average Bonchev–Trinajstić information content (AvgIpc) is 2.39. The van der Waals surface area contributed by atoms with Crippen molar-refractivity contribution in [1.29, 1.82) is 0 Å². The quantitative estimate of drug-likeness (QED) is 0.899. The van der Waals surface area contributed by atoms with Crippen molar-refractivity contribution in [1.82, 2.24) is 9.97 Å². The first-order chi connectivity index (χ1) is 9.60. The second-order valence-electron chi connectivity index (χ2n) is 6.27. The van der Waals surface area contributed by atoms with E-state index in [1.165, 1.54) is 19.3 Å². The number of nitrogens with one attached hydrogen (secondary N) is 1. The van der Waals surface area contributed by atoms with E-state index >= 15 is 0 Å². The normalized spacial score (nSPS) is 18.4. The first kappa shape index (κ1) is 15.2. The zero-order valence-corrected chi connectivity index (χ0v) is 12.8. The van der Waals surface area contributed by atoms with Crippen LogP contribution in [-0.4, -0.2) is 17.1 Å². The number of aromatic amines is 1. The molecule has 1 aliphatic rings. The van der Waals surface area contributed by atoms with Gasteiger partial charge in [0.15, 0.2) is 0 Å². The molecule has 1 heterocycles. The Morgan fingerprint density at radius 1 is 1.35 bits per heavy atom. The molecule has 1 aromatic heterocycles. The van der Waals surface area contributed by atoms with Crippen LogP contribution in [-0.2, 0) is 11.2 Å². The van der Waals surface area contributed by atoms with Gasteiger partial charge < -0.3 is 9.72 Å². The molecule has 0 amide bonds. The number of rotatable bonds is 5. The van der Waals surface area contributed by atoms with Gasteiger partial charge in [-0.15, -0.1) is 0 Å². The Balaban J connectivity index is 2.24. The van der Waals surface area contributed by atoms with Crippen LogP contribution in [0.15, 0.2) is 10.9 Å². The zero-order valence-electron chi connectivity index (χ0n) is 12.8. The van der Waals surface area contributed by atoms with E-state index in [1.807, 2.05) is 0 Å². The summed E-state index contributed by atoms with van der Waals surface area (Å²) >= 11 is 0. The van der Waals surface area contributed by atoms with Gasteiger partial charge in [0.1, 0.15) is 11.9 Å². The van der Waals surface area contributed by atoms with Gasteiger partial charge in [0.2, 0.25) is 0 Å². The SMILES string of the molecule is COC(c1nc(CC(C)C)cc(=O)[nH]1)C1CCCCC1. The molecule has 0 radical (unpaired) electrons.